The first-order valence-electron chi connectivity index (χ1n) is 5.60. The number of carboxylic acid groups (broad SMARTS) is 1. The molecule has 0 aliphatic carbocycles. The van der Waals surface area contributed by atoms with Gasteiger partial charge in [-0.15, -0.1) is 0 Å². The van der Waals surface area contributed by atoms with Gasteiger partial charge in [-0.2, -0.15) is 0 Å². The van der Waals surface area contributed by atoms with Crippen molar-refractivity contribution in [1.29, 1.82) is 0 Å². The van der Waals surface area contributed by atoms with Gasteiger partial charge >= 0.3 is 5.97 Å². The maximum Gasteiger partial charge on any atom is 0.358 e. The second kappa shape index (κ2) is 4.65. The van der Waals surface area contributed by atoms with Crippen LogP contribution in [0.2, 0.25) is 0 Å². The van der Waals surface area contributed by atoms with Crippen molar-refractivity contribution in [1.82, 2.24) is 10.1 Å². The third-order valence-electron chi connectivity index (χ3n) is 3.09. The van der Waals surface area contributed by atoms with Gasteiger partial charge in [-0.05, 0) is 25.4 Å². The van der Waals surface area contributed by atoms with Crippen LogP contribution in [-0.2, 0) is 6.42 Å². The van der Waals surface area contributed by atoms with Crippen LogP contribution < -0.4 is 0 Å². The molecular weight excluding hydrogens is 208 g/mol. The molecule has 1 saturated heterocycles. The van der Waals surface area contributed by atoms with E-state index in [0.29, 0.717) is 11.7 Å². The van der Waals surface area contributed by atoms with Crippen molar-refractivity contribution < 1.29 is 14.4 Å². The monoisotopic (exact) mass is 224 g/mol. The molecule has 88 valence electrons. The van der Waals surface area contributed by atoms with Gasteiger partial charge in [0.15, 0.2) is 5.69 Å². The quantitative estimate of drug-likeness (QED) is 0.833. The highest BCUT2D eigenvalue weighted by Gasteiger charge is 2.23. The number of rotatable bonds is 4. The fourth-order valence-corrected chi connectivity index (χ4v) is 2.16. The first-order chi connectivity index (χ1) is 7.69. The van der Waals surface area contributed by atoms with E-state index in [4.69, 9.17) is 9.63 Å². The molecule has 0 amide bonds. The molecule has 1 fully saturated rings. The predicted molar refractivity (Wildman–Crippen MR) is 57.4 cm³/mol. The highest BCUT2D eigenvalue weighted by atomic mass is 16.5. The number of aromatic carboxylic acids is 1. The van der Waals surface area contributed by atoms with E-state index in [1.54, 1.807) is 0 Å². The number of carbonyl (C=O) groups is 1. The van der Waals surface area contributed by atoms with Gasteiger partial charge in [-0.3, -0.25) is 0 Å². The van der Waals surface area contributed by atoms with Crippen molar-refractivity contribution in [2.24, 2.45) is 5.92 Å². The summed E-state index contributed by atoms with van der Waals surface area (Å²) >= 11 is 0. The van der Waals surface area contributed by atoms with E-state index in [-0.39, 0.29) is 5.69 Å². The smallest absolute Gasteiger partial charge is 0.358 e. The molecule has 5 heteroatoms. The third kappa shape index (κ3) is 2.41. The largest absolute Gasteiger partial charge is 0.476 e. The molecule has 1 aromatic rings. The van der Waals surface area contributed by atoms with E-state index >= 15 is 0 Å². The molecule has 2 heterocycles. The van der Waals surface area contributed by atoms with Gasteiger partial charge in [0, 0.05) is 19.0 Å². The van der Waals surface area contributed by atoms with E-state index in [1.807, 2.05) is 0 Å². The average Bonchev–Trinajstić information content (AvgIpc) is 2.87. The zero-order valence-corrected chi connectivity index (χ0v) is 9.35. The molecule has 0 saturated carbocycles. The van der Waals surface area contributed by atoms with Crippen LogP contribution in [0.5, 0.6) is 0 Å². The molecule has 0 bridgehead atoms. The van der Waals surface area contributed by atoms with Crippen molar-refractivity contribution in [3.05, 3.63) is 17.5 Å². The molecule has 1 aliphatic rings. The van der Waals surface area contributed by atoms with E-state index < -0.39 is 5.97 Å². The van der Waals surface area contributed by atoms with Crippen molar-refractivity contribution in [3.63, 3.8) is 0 Å². The van der Waals surface area contributed by atoms with Crippen LogP contribution in [0.4, 0.5) is 0 Å². The first-order valence-corrected chi connectivity index (χ1v) is 5.60. The second-order valence-electron chi connectivity index (χ2n) is 4.24. The van der Waals surface area contributed by atoms with Crippen molar-refractivity contribution in [2.45, 2.75) is 19.8 Å². The highest BCUT2D eigenvalue weighted by molar-refractivity contribution is 5.85. The van der Waals surface area contributed by atoms with E-state index in [0.717, 1.165) is 32.5 Å². The third-order valence-corrected chi connectivity index (χ3v) is 3.09. The number of hydrogen-bond donors (Lipinski definition) is 1. The summed E-state index contributed by atoms with van der Waals surface area (Å²) in [6.45, 7) is 5.42. The standard InChI is InChI=1S/C11H16N2O3/c1-2-13-4-3-8(7-13)5-9-6-10(11(14)15)12-16-9/h6,8H,2-5,7H2,1H3,(H,14,15). The summed E-state index contributed by atoms with van der Waals surface area (Å²) in [4.78, 5) is 13.0. The van der Waals surface area contributed by atoms with Gasteiger partial charge in [0.2, 0.25) is 0 Å². The Morgan fingerprint density at radius 1 is 1.75 bits per heavy atom. The molecule has 1 aromatic heterocycles. The van der Waals surface area contributed by atoms with Crippen LogP contribution in [0.1, 0.15) is 29.6 Å². The molecule has 0 radical (unpaired) electrons. The minimum Gasteiger partial charge on any atom is -0.476 e. The van der Waals surface area contributed by atoms with Gasteiger partial charge in [0.1, 0.15) is 5.76 Å². The van der Waals surface area contributed by atoms with Gasteiger partial charge in [0.05, 0.1) is 0 Å². The molecule has 2 rings (SSSR count). The van der Waals surface area contributed by atoms with Gasteiger partial charge < -0.3 is 14.5 Å². The molecule has 0 spiro atoms. The highest BCUT2D eigenvalue weighted by Crippen LogP contribution is 2.20. The summed E-state index contributed by atoms with van der Waals surface area (Å²) in [5.41, 5.74) is 0.000319. The summed E-state index contributed by atoms with van der Waals surface area (Å²) < 4.78 is 5.01. The Morgan fingerprint density at radius 3 is 3.12 bits per heavy atom. The summed E-state index contributed by atoms with van der Waals surface area (Å²) in [6, 6.07) is 1.52. The molecule has 1 aliphatic heterocycles. The fourth-order valence-electron chi connectivity index (χ4n) is 2.16. The molecule has 1 atom stereocenters. The molecule has 16 heavy (non-hydrogen) atoms. The summed E-state index contributed by atoms with van der Waals surface area (Å²) in [6.07, 6.45) is 1.94. The van der Waals surface area contributed by atoms with Gasteiger partial charge in [-0.1, -0.05) is 12.1 Å². The maximum absolute atomic E-state index is 10.6. The number of nitrogens with zero attached hydrogens (tertiary/aromatic N) is 2. The summed E-state index contributed by atoms with van der Waals surface area (Å²) in [7, 11) is 0. The minimum atomic E-state index is -1.03. The van der Waals surface area contributed by atoms with Crippen molar-refractivity contribution in [2.75, 3.05) is 19.6 Å². The minimum absolute atomic E-state index is 0.000319. The zero-order valence-electron chi connectivity index (χ0n) is 9.35. The van der Waals surface area contributed by atoms with Crippen LogP contribution in [0, 0.1) is 5.92 Å². The maximum atomic E-state index is 10.6. The second-order valence-corrected chi connectivity index (χ2v) is 4.24. The number of aromatic nitrogens is 1. The topological polar surface area (TPSA) is 66.6 Å². The summed E-state index contributed by atoms with van der Waals surface area (Å²) in [5.74, 6) is 0.214. The number of hydrogen-bond acceptors (Lipinski definition) is 4. The zero-order chi connectivity index (χ0) is 11.5. The van der Waals surface area contributed by atoms with Gasteiger partial charge in [0.25, 0.3) is 0 Å². The normalized spacial score (nSPS) is 21.4. The molecule has 1 unspecified atom stereocenters. The number of carboxylic acids is 1. The average molecular weight is 224 g/mol. The van der Waals surface area contributed by atoms with E-state index in [1.165, 1.54) is 6.07 Å². The molecule has 5 nitrogen and oxygen atoms in total. The lowest BCUT2D eigenvalue weighted by Crippen LogP contribution is -2.20. The fraction of sp³-hybridized carbons (Fsp3) is 0.636. The SMILES string of the molecule is CCN1CCC(Cc2cc(C(=O)O)no2)C1. The lowest BCUT2D eigenvalue weighted by Gasteiger charge is -2.11. The first kappa shape index (κ1) is 11.1. The summed E-state index contributed by atoms with van der Waals surface area (Å²) in [5, 5.41) is 12.2. The van der Waals surface area contributed by atoms with Crippen molar-refractivity contribution >= 4 is 5.97 Å². The lowest BCUT2D eigenvalue weighted by atomic mass is 10.0. The van der Waals surface area contributed by atoms with Crippen LogP contribution >= 0.6 is 0 Å². The van der Waals surface area contributed by atoms with Crippen molar-refractivity contribution in [3.8, 4) is 0 Å². The molecule has 1 N–H and O–H groups in total. The molecular formula is C11H16N2O3. The Hall–Kier alpha value is -1.36. The van der Waals surface area contributed by atoms with E-state index in [2.05, 4.69) is 17.0 Å². The van der Waals surface area contributed by atoms with Crippen LogP contribution in [0.25, 0.3) is 0 Å². The Balaban J connectivity index is 1.92. The Morgan fingerprint density at radius 2 is 2.56 bits per heavy atom. The van der Waals surface area contributed by atoms with E-state index in [9.17, 15) is 4.79 Å². The Labute approximate surface area is 94.0 Å². The Bertz CT molecular complexity index is 375. The number of likely N-dealkylation sites (tertiary alicyclic amines) is 1. The molecule has 0 aromatic carbocycles. The van der Waals surface area contributed by atoms with Gasteiger partial charge in [-0.25, -0.2) is 4.79 Å². The van der Waals surface area contributed by atoms with Crippen LogP contribution in [-0.4, -0.2) is 40.8 Å². The Kier molecular flexibility index (Phi) is 3.24. The lowest BCUT2D eigenvalue weighted by molar-refractivity contribution is 0.0685. The van der Waals surface area contributed by atoms with Crippen LogP contribution in [0.3, 0.4) is 0 Å². The predicted octanol–water partition coefficient (Wildman–Crippen LogP) is 1.26. The van der Waals surface area contributed by atoms with Crippen LogP contribution in [0.15, 0.2) is 10.6 Å².